The zero-order valence-electron chi connectivity index (χ0n) is 13.7. The van der Waals surface area contributed by atoms with Crippen LogP contribution in [0.4, 0.5) is 0 Å². The molecule has 6 nitrogen and oxygen atoms in total. The number of benzene rings is 1. The molecule has 0 aromatic heterocycles. The van der Waals surface area contributed by atoms with Gasteiger partial charge in [0, 0.05) is 37.2 Å². The van der Waals surface area contributed by atoms with E-state index in [1.165, 1.54) is 16.4 Å². The maximum Gasteiger partial charge on any atom is 0.243 e. The Hall–Kier alpha value is -0.860. The zero-order valence-corrected chi connectivity index (χ0v) is 16.1. The highest BCUT2D eigenvalue weighted by molar-refractivity contribution is 7.89. The number of nitrogens with zero attached hydrogens (tertiary/aromatic N) is 2. The number of piperazine rings is 1. The molecule has 1 aromatic rings. The third-order valence-corrected chi connectivity index (χ3v) is 6.29. The normalized spacial score (nSPS) is 18.6. The molecule has 1 saturated heterocycles. The second kappa shape index (κ2) is 8.49. The molecule has 2 rings (SSSR count). The fourth-order valence-corrected chi connectivity index (χ4v) is 4.16. The summed E-state index contributed by atoms with van der Waals surface area (Å²) in [4.78, 5) is 14.1. The molecule has 0 spiro atoms. The van der Waals surface area contributed by atoms with Crippen LogP contribution in [0.25, 0.3) is 0 Å². The first-order valence-corrected chi connectivity index (χ1v) is 9.35. The van der Waals surface area contributed by atoms with E-state index in [2.05, 4.69) is 0 Å². The maximum atomic E-state index is 12.6. The van der Waals surface area contributed by atoms with Gasteiger partial charge in [0.2, 0.25) is 15.9 Å². The van der Waals surface area contributed by atoms with Crippen LogP contribution < -0.4 is 5.73 Å². The smallest absolute Gasteiger partial charge is 0.243 e. The molecule has 24 heavy (non-hydrogen) atoms. The van der Waals surface area contributed by atoms with Crippen molar-refractivity contribution in [2.75, 3.05) is 26.2 Å². The van der Waals surface area contributed by atoms with E-state index >= 15 is 0 Å². The van der Waals surface area contributed by atoms with Crippen molar-refractivity contribution in [3.05, 3.63) is 29.3 Å². The highest BCUT2D eigenvalue weighted by atomic mass is 35.5. The van der Waals surface area contributed by atoms with E-state index in [9.17, 15) is 13.2 Å². The van der Waals surface area contributed by atoms with Crippen LogP contribution in [0, 0.1) is 5.92 Å². The lowest BCUT2D eigenvalue weighted by Gasteiger charge is -2.35. The van der Waals surface area contributed by atoms with Crippen LogP contribution in [0.1, 0.15) is 13.8 Å². The van der Waals surface area contributed by atoms with Crippen LogP contribution in [-0.4, -0.2) is 55.8 Å². The Labute approximate surface area is 154 Å². The number of nitrogens with two attached hydrogens (primary N) is 1. The third-order valence-electron chi connectivity index (χ3n) is 4.16. The van der Waals surface area contributed by atoms with Crippen molar-refractivity contribution in [3.8, 4) is 0 Å². The first-order valence-electron chi connectivity index (χ1n) is 7.53. The molecule has 2 N–H and O–H groups in total. The Morgan fingerprint density at radius 1 is 1.21 bits per heavy atom. The van der Waals surface area contributed by atoms with Crippen molar-refractivity contribution in [1.29, 1.82) is 0 Å². The predicted molar refractivity (Wildman–Crippen MR) is 96.9 cm³/mol. The van der Waals surface area contributed by atoms with E-state index in [4.69, 9.17) is 17.3 Å². The summed E-state index contributed by atoms with van der Waals surface area (Å²) in [5.74, 6) is -0.300. The minimum absolute atomic E-state index is 0. The van der Waals surface area contributed by atoms with Crippen molar-refractivity contribution >= 4 is 39.9 Å². The van der Waals surface area contributed by atoms with E-state index in [0.717, 1.165) is 0 Å². The Balaban J connectivity index is 0.00000288. The molecule has 0 aliphatic carbocycles. The summed E-state index contributed by atoms with van der Waals surface area (Å²) >= 11 is 5.87. The van der Waals surface area contributed by atoms with Crippen LogP contribution in [0.15, 0.2) is 29.2 Å². The van der Waals surface area contributed by atoms with Crippen LogP contribution in [0.3, 0.4) is 0 Å². The van der Waals surface area contributed by atoms with Crippen LogP contribution >= 0.6 is 24.0 Å². The summed E-state index contributed by atoms with van der Waals surface area (Å²) in [7, 11) is -3.58. The van der Waals surface area contributed by atoms with E-state index in [0.29, 0.717) is 18.1 Å². The molecule has 2 atom stereocenters. The minimum atomic E-state index is -3.58. The van der Waals surface area contributed by atoms with E-state index in [1.54, 1.807) is 30.9 Å². The van der Waals surface area contributed by atoms with Gasteiger partial charge in [-0.1, -0.05) is 24.6 Å². The van der Waals surface area contributed by atoms with Gasteiger partial charge in [-0.2, -0.15) is 4.31 Å². The number of hydrogen-bond acceptors (Lipinski definition) is 4. The molecule has 0 saturated carbocycles. The Kier molecular flexibility index (Phi) is 7.49. The Morgan fingerprint density at radius 2 is 1.79 bits per heavy atom. The van der Waals surface area contributed by atoms with Crippen molar-refractivity contribution in [2.24, 2.45) is 11.7 Å². The number of carbonyl (C=O) groups excluding carboxylic acids is 1. The van der Waals surface area contributed by atoms with Gasteiger partial charge in [0.05, 0.1) is 10.8 Å². The van der Waals surface area contributed by atoms with Crippen molar-refractivity contribution in [1.82, 2.24) is 9.21 Å². The number of carbonyl (C=O) groups is 1. The van der Waals surface area contributed by atoms with Crippen LogP contribution in [0.2, 0.25) is 5.02 Å². The summed E-state index contributed by atoms with van der Waals surface area (Å²) < 4.78 is 26.6. The summed E-state index contributed by atoms with van der Waals surface area (Å²) in [6, 6.07) is 5.98. The second-order valence-electron chi connectivity index (χ2n) is 5.83. The fraction of sp³-hybridized carbons (Fsp3) is 0.533. The van der Waals surface area contributed by atoms with Crippen molar-refractivity contribution in [2.45, 2.75) is 24.8 Å². The van der Waals surface area contributed by atoms with E-state index in [1.807, 2.05) is 0 Å². The summed E-state index contributed by atoms with van der Waals surface area (Å²) in [5.41, 5.74) is 5.76. The standard InChI is InChI=1S/C15H22ClN3O3S.ClH/c1-11(12(2)17)15(20)18-6-8-19(9-7-18)23(21,22)14-5-3-4-13(16)10-14;/h3-5,10-12H,6-9,17H2,1-2H3;1H. The number of rotatable bonds is 4. The zero-order chi connectivity index (χ0) is 17.2. The maximum absolute atomic E-state index is 12.6. The molecule has 1 aliphatic rings. The summed E-state index contributed by atoms with van der Waals surface area (Å²) in [6.45, 7) is 4.87. The van der Waals surface area contributed by atoms with Gasteiger partial charge < -0.3 is 10.6 Å². The number of sulfonamides is 1. The average molecular weight is 396 g/mol. The summed E-state index contributed by atoms with van der Waals surface area (Å²) in [6.07, 6.45) is 0. The Morgan fingerprint density at radius 3 is 2.29 bits per heavy atom. The highest BCUT2D eigenvalue weighted by Crippen LogP contribution is 2.21. The van der Waals surface area contributed by atoms with Gasteiger partial charge in [-0.15, -0.1) is 12.4 Å². The lowest BCUT2D eigenvalue weighted by Crippen LogP contribution is -2.53. The van der Waals surface area contributed by atoms with E-state index in [-0.39, 0.29) is 48.3 Å². The van der Waals surface area contributed by atoms with Gasteiger partial charge in [-0.25, -0.2) is 8.42 Å². The van der Waals surface area contributed by atoms with E-state index < -0.39 is 10.0 Å². The second-order valence-corrected chi connectivity index (χ2v) is 8.21. The minimum Gasteiger partial charge on any atom is -0.340 e. The fourth-order valence-electron chi connectivity index (χ4n) is 2.44. The molecule has 2 unspecified atom stereocenters. The van der Waals surface area contributed by atoms with Gasteiger partial charge in [-0.3, -0.25) is 4.79 Å². The van der Waals surface area contributed by atoms with Gasteiger partial charge in [-0.05, 0) is 25.1 Å². The molecule has 1 fully saturated rings. The molecule has 136 valence electrons. The predicted octanol–water partition coefficient (Wildman–Crippen LogP) is 1.58. The van der Waals surface area contributed by atoms with Gasteiger partial charge in [0.1, 0.15) is 0 Å². The molecular formula is C15H23Cl2N3O3S. The number of halogens is 2. The Bertz CT molecular complexity index is 674. The molecule has 1 aromatic carbocycles. The first-order chi connectivity index (χ1) is 10.7. The van der Waals surface area contributed by atoms with Gasteiger partial charge >= 0.3 is 0 Å². The monoisotopic (exact) mass is 395 g/mol. The average Bonchev–Trinajstić information content (AvgIpc) is 2.53. The molecule has 0 radical (unpaired) electrons. The molecule has 9 heteroatoms. The third kappa shape index (κ3) is 4.61. The largest absolute Gasteiger partial charge is 0.340 e. The van der Waals surface area contributed by atoms with Gasteiger partial charge in [0.25, 0.3) is 0 Å². The molecule has 1 heterocycles. The summed E-state index contributed by atoms with van der Waals surface area (Å²) in [5, 5.41) is 0.380. The van der Waals surface area contributed by atoms with Crippen molar-refractivity contribution < 1.29 is 13.2 Å². The molecular weight excluding hydrogens is 373 g/mol. The molecule has 0 bridgehead atoms. The quantitative estimate of drug-likeness (QED) is 0.838. The van der Waals surface area contributed by atoms with Gasteiger partial charge in [0.15, 0.2) is 0 Å². The van der Waals surface area contributed by atoms with Crippen molar-refractivity contribution in [3.63, 3.8) is 0 Å². The topological polar surface area (TPSA) is 83.7 Å². The first kappa shape index (κ1) is 21.2. The van der Waals surface area contributed by atoms with Crippen LogP contribution in [-0.2, 0) is 14.8 Å². The molecule has 1 aliphatic heterocycles. The lowest BCUT2D eigenvalue weighted by molar-refractivity contribution is -0.136. The number of hydrogen-bond donors (Lipinski definition) is 1. The van der Waals surface area contributed by atoms with Crippen LogP contribution in [0.5, 0.6) is 0 Å². The number of amides is 1. The lowest BCUT2D eigenvalue weighted by atomic mass is 10.0. The molecule has 1 amide bonds. The SMILES string of the molecule is CC(N)C(C)C(=O)N1CCN(S(=O)(=O)c2cccc(Cl)c2)CC1.Cl. The highest BCUT2D eigenvalue weighted by Gasteiger charge is 2.32.